The molecule has 0 fully saturated rings. The molecule has 2 rings (SSSR count). The van der Waals surface area contributed by atoms with Crippen molar-refractivity contribution < 1.29 is 14.5 Å². The average molecular weight is 376 g/mol. The van der Waals surface area contributed by atoms with Gasteiger partial charge in [0.25, 0.3) is 11.6 Å². The number of nitrogens with one attached hydrogen (secondary N) is 2. The Kier molecular flexibility index (Phi) is 6.30. The van der Waals surface area contributed by atoms with Crippen molar-refractivity contribution in [2.75, 3.05) is 5.32 Å². The monoisotopic (exact) mass is 375 g/mol. The van der Waals surface area contributed by atoms with E-state index in [9.17, 15) is 19.7 Å². The normalized spacial score (nSPS) is 10.5. The van der Waals surface area contributed by atoms with E-state index in [-0.39, 0.29) is 34.6 Å². The summed E-state index contributed by atoms with van der Waals surface area (Å²) in [5.41, 5.74) is 1.05. The molecule has 0 radical (unpaired) electrons. The fraction of sp³-hybridized carbons (Fsp3) is 0.222. The maximum absolute atomic E-state index is 12.2. The van der Waals surface area contributed by atoms with Gasteiger partial charge in [-0.2, -0.15) is 0 Å². The molecule has 0 atom stereocenters. The first-order valence-corrected chi connectivity index (χ1v) is 8.27. The molecule has 0 saturated heterocycles. The Labute approximate surface area is 155 Å². The summed E-state index contributed by atoms with van der Waals surface area (Å²) < 4.78 is 0. The van der Waals surface area contributed by atoms with Crippen molar-refractivity contribution in [2.24, 2.45) is 5.92 Å². The zero-order chi connectivity index (χ0) is 19.3. The van der Waals surface area contributed by atoms with E-state index in [0.29, 0.717) is 5.69 Å². The van der Waals surface area contributed by atoms with Gasteiger partial charge in [-0.25, -0.2) is 0 Å². The first-order valence-electron chi connectivity index (χ1n) is 7.90. The van der Waals surface area contributed by atoms with Gasteiger partial charge >= 0.3 is 0 Å². The summed E-state index contributed by atoms with van der Waals surface area (Å²) in [6, 6.07) is 10.9. The Balaban J connectivity index is 2.02. The number of nitrogens with zero attached hydrogens (tertiary/aromatic N) is 1. The molecule has 2 aromatic carbocycles. The molecule has 2 N–H and O–H groups in total. The van der Waals surface area contributed by atoms with Crippen molar-refractivity contribution in [3.05, 3.63) is 68.7 Å². The summed E-state index contributed by atoms with van der Waals surface area (Å²) in [7, 11) is 0. The maximum Gasteiger partial charge on any atom is 0.283 e. The predicted octanol–water partition coefficient (Wildman–Crippen LogP) is 3.77. The topological polar surface area (TPSA) is 101 Å². The smallest absolute Gasteiger partial charge is 0.283 e. The van der Waals surface area contributed by atoms with E-state index in [4.69, 9.17) is 11.6 Å². The van der Waals surface area contributed by atoms with Crippen LogP contribution in [-0.2, 0) is 11.3 Å². The van der Waals surface area contributed by atoms with Gasteiger partial charge in [0.05, 0.1) is 4.92 Å². The van der Waals surface area contributed by atoms with Gasteiger partial charge in [-0.15, -0.1) is 0 Å². The maximum atomic E-state index is 12.2. The number of nitro groups is 1. The summed E-state index contributed by atoms with van der Waals surface area (Å²) in [4.78, 5) is 34.3. The second kappa shape index (κ2) is 8.44. The molecule has 26 heavy (non-hydrogen) atoms. The predicted molar refractivity (Wildman–Crippen MR) is 99.2 cm³/mol. The van der Waals surface area contributed by atoms with Crippen LogP contribution in [0.3, 0.4) is 0 Å². The summed E-state index contributed by atoms with van der Waals surface area (Å²) >= 11 is 5.74. The zero-order valence-corrected chi connectivity index (χ0v) is 15.0. The third kappa shape index (κ3) is 5.03. The van der Waals surface area contributed by atoms with E-state index < -0.39 is 10.8 Å². The molecule has 2 amide bonds. The van der Waals surface area contributed by atoms with Gasteiger partial charge in [-0.05, 0) is 29.8 Å². The Morgan fingerprint density at radius 2 is 1.81 bits per heavy atom. The summed E-state index contributed by atoms with van der Waals surface area (Å²) in [5, 5.41) is 16.7. The van der Waals surface area contributed by atoms with E-state index in [2.05, 4.69) is 10.6 Å². The molecule has 8 heteroatoms. The van der Waals surface area contributed by atoms with E-state index >= 15 is 0 Å². The highest BCUT2D eigenvalue weighted by atomic mass is 35.5. The molecule has 7 nitrogen and oxygen atoms in total. The molecule has 0 aliphatic rings. The minimum absolute atomic E-state index is 0.0554. The number of benzene rings is 2. The molecule has 0 aliphatic heterocycles. The summed E-state index contributed by atoms with van der Waals surface area (Å²) in [6.45, 7) is 3.79. The molecular formula is C18H18ClN3O4. The zero-order valence-electron chi connectivity index (χ0n) is 14.3. The highest BCUT2D eigenvalue weighted by Gasteiger charge is 2.20. The minimum Gasteiger partial charge on any atom is -0.348 e. The van der Waals surface area contributed by atoms with E-state index in [1.807, 2.05) is 0 Å². The van der Waals surface area contributed by atoms with Gasteiger partial charge in [0, 0.05) is 29.2 Å². The molecule has 0 aromatic heterocycles. The molecule has 136 valence electrons. The number of hydrogen-bond donors (Lipinski definition) is 2. The van der Waals surface area contributed by atoms with Crippen LogP contribution in [0, 0.1) is 16.0 Å². The van der Waals surface area contributed by atoms with Gasteiger partial charge in [-0.1, -0.05) is 37.6 Å². The molecule has 0 heterocycles. The molecule has 0 spiro atoms. The van der Waals surface area contributed by atoms with Gasteiger partial charge in [0.15, 0.2) is 0 Å². The number of nitro benzene ring substituents is 1. The second-order valence-electron chi connectivity index (χ2n) is 5.94. The van der Waals surface area contributed by atoms with Crippen LogP contribution in [0.5, 0.6) is 0 Å². The Morgan fingerprint density at radius 3 is 2.38 bits per heavy atom. The van der Waals surface area contributed by atoms with Crippen LogP contribution in [0.25, 0.3) is 0 Å². The third-order valence-corrected chi connectivity index (χ3v) is 3.84. The van der Waals surface area contributed by atoms with Crippen LogP contribution in [0.2, 0.25) is 5.02 Å². The Hall–Kier alpha value is -2.93. The Bertz CT molecular complexity index is 835. The van der Waals surface area contributed by atoms with E-state index in [1.54, 1.807) is 38.1 Å². The molecular weight excluding hydrogens is 358 g/mol. The molecule has 0 aliphatic carbocycles. The summed E-state index contributed by atoms with van der Waals surface area (Å²) in [5.74, 6) is -0.768. The van der Waals surface area contributed by atoms with Gasteiger partial charge in [0.2, 0.25) is 5.91 Å². The molecule has 0 saturated carbocycles. The first kappa shape index (κ1) is 19.4. The van der Waals surface area contributed by atoms with Gasteiger partial charge < -0.3 is 10.6 Å². The number of amides is 2. The highest BCUT2D eigenvalue weighted by molar-refractivity contribution is 6.31. The minimum atomic E-state index is -0.646. The van der Waals surface area contributed by atoms with Crippen LogP contribution in [0.15, 0.2) is 42.5 Å². The molecule has 2 aromatic rings. The first-order chi connectivity index (χ1) is 12.3. The number of carbonyl (C=O) groups is 2. The quantitative estimate of drug-likeness (QED) is 0.592. The number of carbonyl (C=O) groups excluding carboxylic acids is 2. The average Bonchev–Trinajstić information content (AvgIpc) is 2.60. The number of halogens is 1. The highest BCUT2D eigenvalue weighted by Crippen LogP contribution is 2.23. The SMILES string of the molecule is CC(C)C(=O)Nc1ccc(CNC(=O)c2ccc(Cl)cc2[N+](=O)[O-])cc1. The van der Waals surface area contributed by atoms with Gasteiger partial charge in [0.1, 0.15) is 5.56 Å². The van der Waals surface area contributed by atoms with Crippen LogP contribution in [0.1, 0.15) is 29.8 Å². The van der Waals surface area contributed by atoms with Crippen LogP contribution < -0.4 is 10.6 Å². The lowest BCUT2D eigenvalue weighted by molar-refractivity contribution is -0.385. The van der Waals surface area contributed by atoms with E-state index in [1.165, 1.54) is 12.1 Å². The fourth-order valence-corrected chi connectivity index (χ4v) is 2.28. The molecule has 0 bridgehead atoms. The largest absolute Gasteiger partial charge is 0.348 e. The van der Waals surface area contributed by atoms with Crippen molar-refractivity contribution in [1.29, 1.82) is 0 Å². The standard InChI is InChI=1S/C18H18ClN3O4/c1-11(2)17(23)21-14-6-3-12(4-7-14)10-20-18(24)15-8-5-13(19)9-16(15)22(25)26/h3-9,11H,10H2,1-2H3,(H,20,24)(H,21,23). The number of hydrogen-bond acceptors (Lipinski definition) is 4. The van der Waals surface area contributed by atoms with Crippen LogP contribution >= 0.6 is 11.6 Å². The van der Waals surface area contributed by atoms with Crippen molar-refractivity contribution in [2.45, 2.75) is 20.4 Å². The van der Waals surface area contributed by atoms with Gasteiger partial charge in [-0.3, -0.25) is 19.7 Å². The fourth-order valence-electron chi connectivity index (χ4n) is 2.12. The molecule has 0 unspecified atom stereocenters. The lowest BCUT2D eigenvalue weighted by atomic mass is 10.1. The lowest BCUT2D eigenvalue weighted by Crippen LogP contribution is -2.23. The van der Waals surface area contributed by atoms with Crippen LogP contribution in [-0.4, -0.2) is 16.7 Å². The Morgan fingerprint density at radius 1 is 1.15 bits per heavy atom. The van der Waals surface area contributed by atoms with Crippen molar-refractivity contribution in [3.63, 3.8) is 0 Å². The van der Waals surface area contributed by atoms with Crippen molar-refractivity contribution in [1.82, 2.24) is 5.32 Å². The summed E-state index contributed by atoms with van der Waals surface area (Å²) in [6.07, 6.45) is 0. The van der Waals surface area contributed by atoms with E-state index in [0.717, 1.165) is 11.6 Å². The third-order valence-electron chi connectivity index (χ3n) is 3.60. The van der Waals surface area contributed by atoms with Crippen molar-refractivity contribution in [3.8, 4) is 0 Å². The van der Waals surface area contributed by atoms with Crippen LogP contribution in [0.4, 0.5) is 11.4 Å². The number of rotatable bonds is 6. The lowest BCUT2D eigenvalue weighted by Gasteiger charge is -2.09. The van der Waals surface area contributed by atoms with Crippen molar-refractivity contribution >= 4 is 34.8 Å². The number of anilines is 1. The second-order valence-corrected chi connectivity index (χ2v) is 6.38.